The molecule has 1 unspecified atom stereocenters. The Morgan fingerprint density at radius 3 is 3.00 bits per heavy atom. The van der Waals surface area contributed by atoms with Gasteiger partial charge < -0.3 is 9.64 Å². The zero-order valence-corrected chi connectivity index (χ0v) is 8.44. The molecule has 1 spiro atoms. The number of carbonyl (C=O) groups excluding carboxylic acids is 2. The highest BCUT2D eigenvalue weighted by atomic mass is 16.6. The van der Waals surface area contributed by atoms with Crippen LogP contribution >= 0.6 is 0 Å². The first-order valence-electron chi connectivity index (χ1n) is 5.43. The summed E-state index contributed by atoms with van der Waals surface area (Å²) < 4.78 is 5.34. The van der Waals surface area contributed by atoms with Gasteiger partial charge in [0.2, 0.25) is 5.91 Å². The van der Waals surface area contributed by atoms with Crippen LogP contribution in [0, 0.1) is 0 Å². The molecule has 4 heteroatoms. The van der Waals surface area contributed by atoms with Crippen molar-refractivity contribution in [2.45, 2.75) is 37.3 Å². The molecule has 0 bridgehead atoms. The maximum absolute atomic E-state index is 11.8. The Hall–Kier alpha value is -1.32. The van der Waals surface area contributed by atoms with E-state index >= 15 is 0 Å². The molecule has 2 fully saturated rings. The number of ether oxygens (including phenoxy) is 1. The van der Waals surface area contributed by atoms with E-state index in [1.165, 1.54) is 6.08 Å². The summed E-state index contributed by atoms with van der Waals surface area (Å²) in [7, 11) is 0. The molecule has 0 aromatic heterocycles. The molecule has 0 aromatic carbocycles. The number of fused-ring (bicyclic) bond motifs is 2. The Labute approximate surface area is 87.9 Å². The van der Waals surface area contributed by atoms with E-state index in [4.69, 9.17) is 4.74 Å². The van der Waals surface area contributed by atoms with E-state index < -0.39 is 5.60 Å². The maximum atomic E-state index is 11.8. The van der Waals surface area contributed by atoms with Gasteiger partial charge >= 0.3 is 5.97 Å². The van der Waals surface area contributed by atoms with Crippen molar-refractivity contribution in [3.63, 3.8) is 0 Å². The van der Waals surface area contributed by atoms with Crippen LogP contribution < -0.4 is 0 Å². The second-order valence-electron chi connectivity index (χ2n) is 4.48. The number of hydrogen-bond acceptors (Lipinski definition) is 3. The molecule has 15 heavy (non-hydrogen) atoms. The van der Waals surface area contributed by atoms with E-state index in [1.807, 2.05) is 4.90 Å². The van der Waals surface area contributed by atoms with Crippen LogP contribution in [0.15, 0.2) is 12.2 Å². The van der Waals surface area contributed by atoms with Gasteiger partial charge in [0.15, 0.2) is 5.60 Å². The summed E-state index contributed by atoms with van der Waals surface area (Å²) in [5.74, 6) is -0.186. The van der Waals surface area contributed by atoms with Gasteiger partial charge in [-0.1, -0.05) is 0 Å². The Kier molecular flexibility index (Phi) is 1.69. The summed E-state index contributed by atoms with van der Waals surface area (Å²) in [6, 6.07) is 0.0847. The zero-order valence-electron chi connectivity index (χ0n) is 8.44. The van der Waals surface area contributed by atoms with Gasteiger partial charge in [-0.25, -0.2) is 4.79 Å². The van der Waals surface area contributed by atoms with Gasteiger partial charge in [-0.05, 0) is 25.3 Å². The van der Waals surface area contributed by atoms with Crippen molar-refractivity contribution < 1.29 is 14.3 Å². The lowest BCUT2D eigenvalue weighted by molar-refractivity contribution is -0.147. The summed E-state index contributed by atoms with van der Waals surface area (Å²) in [5.41, 5.74) is -0.630. The number of rotatable bonds is 0. The normalized spacial score (nSPS) is 38.7. The first-order valence-corrected chi connectivity index (χ1v) is 5.43. The molecule has 3 heterocycles. The molecule has 3 aliphatic rings. The predicted molar refractivity (Wildman–Crippen MR) is 51.9 cm³/mol. The topological polar surface area (TPSA) is 46.6 Å². The number of piperidine rings is 1. The van der Waals surface area contributed by atoms with Crippen LogP contribution in [-0.2, 0) is 14.3 Å². The lowest BCUT2D eigenvalue weighted by Gasteiger charge is -2.35. The smallest absolute Gasteiger partial charge is 0.331 e. The van der Waals surface area contributed by atoms with Gasteiger partial charge in [-0.2, -0.15) is 0 Å². The van der Waals surface area contributed by atoms with Gasteiger partial charge in [0, 0.05) is 12.6 Å². The minimum absolute atomic E-state index is 0.0847. The second-order valence-corrected chi connectivity index (χ2v) is 4.48. The Bertz CT molecular complexity index is 363. The maximum Gasteiger partial charge on any atom is 0.331 e. The van der Waals surface area contributed by atoms with E-state index in [9.17, 15) is 9.59 Å². The fourth-order valence-electron chi connectivity index (χ4n) is 2.93. The van der Waals surface area contributed by atoms with Crippen LogP contribution in [0.5, 0.6) is 0 Å². The summed E-state index contributed by atoms with van der Waals surface area (Å²) in [4.78, 5) is 24.8. The second kappa shape index (κ2) is 2.84. The minimum atomic E-state index is -0.630. The largest absolute Gasteiger partial charge is 0.449 e. The molecule has 0 saturated carbocycles. The molecule has 2 atom stereocenters. The summed E-state index contributed by atoms with van der Waals surface area (Å²) >= 11 is 0. The van der Waals surface area contributed by atoms with Crippen molar-refractivity contribution in [2.24, 2.45) is 0 Å². The third-order valence-electron chi connectivity index (χ3n) is 3.61. The van der Waals surface area contributed by atoms with E-state index in [1.54, 1.807) is 6.08 Å². The molecule has 0 aliphatic carbocycles. The van der Waals surface area contributed by atoms with E-state index in [0.29, 0.717) is 6.42 Å². The number of amides is 1. The van der Waals surface area contributed by atoms with Crippen molar-refractivity contribution in [3.05, 3.63) is 12.2 Å². The Morgan fingerprint density at radius 1 is 1.40 bits per heavy atom. The van der Waals surface area contributed by atoms with Crippen LogP contribution in [0.3, 0.4) is 0 Å². The highest BCUT2D eigenvalue weighted by molar-refractivity contribution is 5.89. The average molecular weight is 207 g/mol. The monoisotopic (exact) mass is 207 g/mol. The van der Waals surface area contributed by atoms with Crippen molar-refractivity contribution in [1.82, 2.24) is 4.90 Å². The molecule has 4 nitrogen and oxygen atoms in total. The van der Waals surface area contributed by atoms with E-state index in [2.05, 4.69) is 0 Å². The molecule has 3 aliphatic heterocycles. The molecular formula is C11H13NO3. The van der Waals surface area contributed by atoms with Gasteiger partial charge in [-0.15, -0.1) is 0 Å². The average Bonchev–Trinajstić information content (AvgIpc) is 2.72. The van der Waals surface area contributed by atoms with Crippen molar-refractivity contribution >= 4 is 11.9 Å². The highest BCUT2D eigenvalue weighted by Gasteiger charge is 2.55. The van der Waals surface area contributed by atoms with E-state index in [0.717, 1.165) is 25.8 Å². The van der Waals surface area contributed by atoms with Crippen LogP contribution in [-0.4, -0.2) is 35.0 Å². The van der Waals surface area contributed by atoms with Gasteiger partial charge in [0.05, 0.1) is 12.5 Å². The zero-order chi connectivity index (χ0) is 10.5. The number of esters is 1. The summed E-state index contributed by atoms with van der Waals surface area (Å²) in [6.07, 6.45) is 6.69. The van der Waals surface area contributed by atoms with Gasteiger partial charge in [-0.3, -0.25) is 4.79 Å². The Balaban J connectivity index is 1.95. The van der Waals surface area contributed by atoms with Crippen LogP contribution in [0.4, 0.5) is 0 Å². The minimum Gasteiger partial charge on any atom is -0.449 e. The number of nitrogens with zero attached hydrogens (tertiary/aromatic N) is 1. The molecule has 0 radical (unpaired) electrons. The molecular weight excluding hydrogens is 194 g/mol. The molecule has 0 aromatic rings. The fraction of sp³-hybridized carbons (Fsp3) is 0.636. The molecule has 1 amide bonds. The standard InChI is InChI=1S/C11H13NO3/c13-9-7-11(5-4-10(14)15-11)8-3-1-2-6-12(8)9/h4-5,8H,1-3,6-7H2/t8?,11-/m1/s1. The Morgan fingerprint density at radius 2 is 2.27 bits per heavy atom. The third-order valence-corrected chi connectivity index (χ3v) is 3.61. The molecule has 3 rings (SSSR count). The third kappa shape index (κ3) is 1.14. The van der Waals surface area contributed by atoms with Crippen LogP contribution in [0.2, 0.25) is 0 Å². The van der Waals surface area contributed by atoms with E-state index in [-0.39, 0.29) is 17.9 Å². The van der Waals surface area contributed by atoms with Crippen LogP contribution in [0.1, 0.15) is 25.7 Å². The van der Waals surface area contributed by atoms with Gasteiger partial charge in [0.1, 0.15) is 0 Å². The highest BCUT2D eigenvalue weighted by Crippen LogP contribution is 2.41. The molecule has 0 N–H and O–H groups in total. The predicted octanol–water partition coefficient (Wildman–Crippen LogP) is 0.623. The first-order chi connectivity index (χ1) is 7.21. The van der Waals surface area contributed by atoms with Crippen LogP contribution in [0.25, 0.3) is 0 Å². The SMILES string of the molecule is O=C1C=C[C@]2(CC(=O)N3CCCCC32)O1. The van der Waals surface area contributed by atoms with Gasteiger partial charge in [0.25, 0.3) is 0 Å². The first kappa shape index (κ1) is 8.95. The van der Waals surface area contributed by atoms with Crippen molar-refractivity contribution in [3.8, 4) is 0 Å². The summed E-state index contributed by atoms with van der Waals surface area (Å²) in [6.45, 7) is 0.816. The molecule has 80 valence electrons. The number of carbonyl (C=O) groups is 2. The quantitative estimate of drug-likeness (QED) is 0.547. The van der Waals surface area contributed by atoms with Crippen molar-refractivity contribution in [2.75, 3.05) is 6.54 Å². The number of hydrogen-bond donors (Lipinski definition) is 0. The summed E-state index contributed by atoms with van der Waals surface area (Å²) in [5, 5.41) is 0. The molecule has 2 saturated heterocycles. The lowest BCUT2D eigenvalue weighted by Crippen LogP contribution is -2.47. The lowest BCUT2D eigenvalue weighted by atomic mass is 9.89. The fourth-order valence-corrected chi connectivity index (χ4v) is 2.93. The van der Waals surface area contributed by atoms with Crippen molar-refractivity contribution in [1.29, 1.82) is 0 Å².